The number of halogens is 2. The van der Waals surface area contributed by atoms with E-state index in [1.165, 1.54) is 4.31 Å². The van der Waals surface area contributed by atoms with Crippen molar-refractivity contribution in [3.8, 4) is 0 Å². The number of nitrogens with zero attached hydrogens (tertiary/aromatic N) is 3. The van der Waals surface area contributed by atoms with Gasteiger partial charge in [-0.3, -0.25) is 18.3 Å². The summed E-state index contributed by atoms with van der Waals surface area (Å²) in [5.41, 5.74) is 1.46. The second kappa shape index (κ2) is 9.18. The number of anilines is 1. The number of rotatable bonds is 7. The summed E-state index contributed by atoms with van der Waals surface area (Å²) >= 11 is 13.2. The minimum atomic E-state index is -4.39. The molecule has 2 aromatic carbocycles. The Kier molecular flexibility index (Phi) is 7.02. The van der Waals surface area contributed by atoms with Crippen molar-refractivity contribution in [2.45, 2.75) is 11.8 Å². The van der Waals surface area contributed by atoms with Crippen molar-refractivity contribution in [2.24, 2.45) is 7.05 Å². The summed E-state index contributed by atoms with van der Waals surface area (Å²) in [4.78, 5) is 32.0. The van der Waals surface area contributed by atoms with E-state index < -0.39 is 13.9 Å². The van der Waals surface area contributed by atoms with Crippen LogP contribution in [-0.2, 0) is 11.6 Å². The minimum Gasteiger partial charge on any atom is -0.351 e. The molecule has 160 valence electrons. The van der Waals surface area contributed by atoms with Crippen LogP contribution in [0.15, 0.2) is 41.3 Å². The van der Waals surface area contributed by atoms with Gasteiger partial charge in [0.2, 0.25) is 0 Å². The first kappa shape index (κ1) is 22.9. The van der Waals surface area contributed by atoms with Crippen molar-refractivity contribution in [3.63, 3.8) is 0 Å². The molecule has 0 unspecified atom stereocenters. The number of aromatic nitrogens is 2. The average Bonchev–Trinajstić information content (AvgIpc) is 2.96. The van der Waals surface area contributed by atoms with Gasteiger partial charge < -0.3 is 15.1 Å². The molecule has 0 aliphatic rings. The third-order valence-corrected chi connectivity index (χ3v) is 6.33. The van der Waals surface area contributed by atoms with Crippen molar-refractivity contribution in [1.82, 2.24) is 15.1 Å². The molecular formula is C18H19Cl2N4O4PS. The molecule has 3 N–H and O–H groups in total. The van der Waals surface area contributed by atoms with Gasteiger partial charge >= 0.3 is 7.60 Å². The number of aryl methyl sites for hydroxylation is 1. The summed E-state index contributed by atoms with van der Waals surface area (Å²) in [5, 5.41) is 8.46. The van der Waals surface area contributed by atoms with Crippen LogP contribution in [0.5, 0.6) is 0 Å². The molecule has 0 saturated carbocycles. The number of hydrogen-bond donors (Lipinski definition) is 3. The fourth-order valence-corrected chi connectivity index (χ4v) is 5.52. The normalized spacial score (nSPS) is 11.7. The Morgan fingerprint density at radius 1 is 1.23 bits per heavy atom. The number of hydrogen-bond acceptors (Lipinski definition) is 5. The summed E-state index contributed by atoms with van der Waals surface area (Å²) in [5.74, 6) is -0.286. The molecular weight excluding hydrogens is 470 g/mol. The monoisotopic (exact) mass is 488 g/mol. The van der Waals surface area contributed by atoms with E-state index in [1.807, 2.05) is 6.92 Å². The number of benzene rings is 2. The Morgan fingerprint density at radius 3 is 2.50 bits per heavy atom. The van der Waals surface area contributed by atoms with Gasteiger partial charge in [-0.05, 0) is 55.3 Å². The lowest BCUT2D eigenvalue weighted by Gasteiger charge is -2.24. The number of fused-ring (bicyclic) bond motifs is 1. The highest BCUT2D eigenvalue weighted by Crippen LogP contribution is 2.42. The van der Waals surface area contributed by atoms with Crippen LogP contribution >= 0.6 is 42.7 Å². The first-order valence-electron chi connectivity index (χ1n) is 8.78. The zero-order chi connectivity index (χ0) is 22.1. The molecule has 0 spiro atoms. The lowest BCUT2D eigenvalue weighted by atomic mass is 10.2. The van der Waals surface area contributed by atoms with Crippen LogP contribution in [0.2, 0.25) is 10.0 Å². The van der Waals surface area contributed by atoms with Crippen LogP contribution in [0.25, 0.3) is 10.9 Å². The third kappa shape index (κ3) is 5.49. The molecule has 0 aliphatic heterocycles. The van der Waals surface area contributed by atoms with Gasteiger partial charge in [0.25, 0.3) is 5.91 Å². The van der Waals surface area contributed by atoms with Gasteiger partial charge in [-0.15, -0.1) is 0 Å². The van der Waals surface area contributed by atoms with Crippen molar-refractivity contribution in [1.29, 1.82) is 0 Å². The lowest BCUT2D eigenvalue weighted by Crippen LogP contribution is -2.23. The van der Waals surface area contributed by atoms with E-state index in [0.29, 0.717) is 38.1 Å². The second-order valence-electron chi connectivity index (χ2n) is 6.41. The standard InChI is InChI=1S/C18H19Cl2N4O4PS/c1-3-21-18(25)17-15-5-4-13(9-16(15)23(2)22-17)24(10-29(26,27)28)30-14-7-11(19)6-12(20)8-14/h4-9H,3,10H2,1-2H3,(H,21,25)(H2,26,27,28). The highest BCUT2D eigenvalue weighted by Gasteiger charge is 2.23. The first-order valence-corrected chi connectivity index (χ1v) is 12.1. The first-order chi connectivity index (χ1) is 14.1. The van der Waals surface area contributed by atoms with Gasteiger partial charge in [0.05, 0.1) is 11.2 Å². The Labute approximate surface area is 187 Å². The molecule has 0 atom stereocenters. The largest absolute Gasteiger partial charge is 0.351 e. The Hall–Kier alpha value is -1.74. The quantitative estimate of drug-likeness (QED) is 0.336. The maximum absolute atomic E-state index is 12.3. The molecule has 3 rings (SSSR count). The van der Waals surface area contributed by atoms with Crippen LogP contribution in [-0.4, -0.2) is 38.3 Å². The predicted molar refractivity (Wildman–Crippen MR) is 120 cm³/mol. The van der Waals surface area contributed by atoms with Crippen molar-refractivity contribution in [2.75, 3.05) is 17.1 Å². The van der Waals surface area contributed by atoms with E-state index in [-0.39, 0.29) is 11.6 Å². The highest BCUT2D eigenvalue weighted by atomic mass is 35.5. The van der Waals surface area contributed by atoms with Crippen LogP contribution in [0.3, 0.4) is 0 Å². The summed E-state index contributed by atoms with van der Waals surface area (Å²) in [6.07, 6.45) is -0.533. The van der Waals surface area contributed by atoms with Gasteiger partial charge in [-0.1, -0.05) is 23.2 Å². The van der Waals surface area contributed by atoms with E-state index >= 15 is 0 Å². The number of amides is 1. The van der Waals surface area contributed by atoms with E-state index in [1.54, 1.807) is 48.1 Å². The summed E-state index contributed by atoms with van der Waals surface area (Å²) in [6.45, 7) is 2.30. The van der Waals surface area contributed by atoms with E-state index in [4.69, 9.17) is 23.2 Å². The third-order valence-electron chi connectivity index (χ3n) is 4.04. The molecule has 0 saturated heterocycles. The van der Waals surface area contributed by atoms with Gasteiger partial charge in [0.1, 0.15) is 6.29 Å². The molecule has 3 aromatic rings. The summed E-state index contributed by atoms with van der Waals surface area (Å²) < 4.78 is 14.8. The molecule has 1 amide bonds. The van der Waals surface area contributed by atoms with Crippen molar-refractivity contribution < 1.29 is 19.1 Å². The molecule has 0 bridgehead atoms. The van der Waals surface area contributed by atoms with Crippen LogP contribution in [0.4, 0.5) is 5.69 Å². The maximum Gasteiger partial charge on any atom is 0.345 e. The number of carbonyl (C=O) groups excluding carboxylic acids is 1. The molecule has 0 radical (unpaired) electrons. The van der Waals surface area contributed by atoms with Gasteiger partial charge in [0.15, 0.2) is 5.69 Å². The summed E-state index contributed by atoms with van der Waals surface area (Å²) in [6, 6.07) is 9.99. The predicted octanol–water partition coefficient (Wildman–Crippen LogP) is 4.28. The maximum atomic E-state index is 12.3. The average molecular weight is 489 g/mol. The molecule has 0 aliphatic carbocycles. The molecule has 0 fully saturated rings. The lowest BCUT2D eigenvalue weighted by molar-refractivity contribution is 0.0951. The topological polar surface area (TPSA) is 108 Å². The number of nitrogens with one attached hydrogen (secondary N) is 1. The van der Waals surface area contributed by atoms with Crippen LogP contribution < -0.4 is 9.62 Å². The smallest absolute Gasteiger partial charge is 0.345 e. The number of carbonyl (C=O) groups is 1. The van der Waals surface area contributed by atoms with Crippen molar-refractivity contribution >= 4 is 65.2 Å². The Morgan fingerprint density at radius 2 is 1.90 bits per heavy atom. The van der Waals surface area contributed by atoms with Gasteiger partial charge in [-0.2, -0.15) is 5.10 Å². The second-order valence-corrected chi connectivity index (χ2v) is 9.99. The molecule has 12 heteroatoms. The molecule has 30 heavy (non-hydrogen) atoms. The summed E-state index contributed by atoms with van der Waals surface area (Å²) in [7, 11) is -2.69. The van der Waals surface area contributed by atoms with Gasteiger partial charge in [-0.25, -0.2) is 0 Å². The van der Waals surface area contributed by atoms with E-state index in [2.05, 4.69) is 10.4 Å². The highest BCUT2D eigenvalue weighted by molar-refractivity contribution is 8.01. The Balaban J connectivity index is 2.03. The van der Waals surface area contributed by atoms with Crippen molar-refractivity contribution in [3.05, 3.63) is 52.1 Å². The molecule has 1 aromatic heterocycles. The SMILES string of the molecule is CCNC(=O)c1nn(C)c2cc(N(CP(=O)(O)O)Sc3cc(Cl)cc(Cl)c3)ccc12. The van der Waals surface area contributed by atoms with E-state index in [9.17, 15) is 19.1 Å². The fraction of sp³-hybridized carbons (Fsp3) is 0.222. The van der Waals surface area contributed by atoms with Crippen LogP contribution in [0.1, 0.15) is 17.4 Å². The zero-order valence-electron chi connectivity index (χ0n) is 16.0. The van der Waals surface area contributed by atoms with E-state index in [0.717, 1.165) is 11.9 Å². The molecule has 1 heterocycles. The molecule has 8 nitrogen and oxygen atoms in total. The minimum absolute atomic E-state index is 0.286. The fourth-order valence-electron chi connectivity index (χ4n) is 2.85. The Bertz CT molecular complexity index is 1130. The van der Waals surface area contributed by atoms with Gasteiger partial charge in [0, 0.05) is 33.9 Å². The van der Waals surface area contributed by atoms with Crippen LogP contribution in [0, 0.1) is 0 Å². The zero-order valence-corrected chi connectivity index (χ0v) is 19.3.